The lowest BCUT2D eigenvalue weighted by molar-refractivity contribution is -0.153. The highest BCUT2D eigenvalue weighted by Crippen LogP contribution is 2.23. The highest BCUT2D eigenvalue weighted by Gasteiger charge is 2.19. The van der Waals surface area contributed by atoms with Crippen LogP contribution in [0.1, 0.15) is 12.5 Å². The van der Waals surface area contributed by atoms with Gasteiger partial charge in [0.25, 0.3) is 5.91 Å². The standard InChI is InChI=1S/C13H14BrN5O3/c1-8-3-4-11(10(14)5-8)16-13(21)9(2)22-12(20)6-19-7-15-17-18-19/h3-5,7,9H,6H2,1-2H3,(H,16,21)/t9-/m0/s1. The Hall–Kier alpha value is -2.29. The van der Waals surface area contributed by atoms with E-state index in [2.05, 4.69) is 36.8 Å². The molecule has 1 aromatic heterocycles. The van der Waals surface area contributed by atoms with Crippen molar-refractivity contribution in [3.63, 3.8) is 0 Å². The number of rotatable bonds is 5. The van der Waals surface area contributed by atoms with E-state index in [1.807, 2.05) is 19.1 Å². The van der Waals surface area contributed by atoms with E-state index in [9.17, 15) is 9.59 Å². The Balaban J connectivity index is 1.90. The van der Waals surface area contributed by atoms with E-state index in [1.165, 1.54) is 17.9 Å². The monoisotopic (exact) mass is 367 g/mol. The molecule has 0 unspecified atom stereocenters. The number of ether oxygens (including phenoxy) is 1. The number of halogens is 1. The second kappa shape index (κ2) is 7.12. The summed E-state index contributed by atoms with van der Waals surface area (Å²) < 4.78 is 7.01. The zero-order valence-corrected chi connectivity index (χ0v) is 13.6. The Morgan fingerprint density at radius 1 is 1.45 bits per heavy atom. The number of anilines is 1. The van der Waals surface area contributed by atoms with Crippen molar-refractivity contribution in [3.05, 3.63) is 34.6 Å². The second-order valence-electron chi connectivity index (χ2n) is 4.61. The van der Waals surface area contributed by atoms with Gasteiger partial charge >= 0.3 is 5.97 Å². The molecule has 0 aliphatic heterocycles. The van der Waals surface area contributed by atoms with Gasteiger partial charge in [-0.1, -0.05) is 6.07 Å². The van der Waals surface area contributed by atoms with Crippen molar-refractivity contribution < 1.29 is 14.3 Å². The number of benzene rings is 1. The van der Waals surface area contributed by atoms with Gasteiger partial charge in [-0.3, -0.25) is 9.59 Å². The van der Waals surface area contributed by atoms with E-state index < -0.39 is 18.0 Å². The molecule has 0 saturated carbocycles. The average molecular weight is 368 g/mol. The van der Waals surface area contributed by atoms with Crippen molar-refractivity contribution in [1.82, 2.24) is 20.2 Å². The minimum absolute atomic E-state index is 0.154. The number of tetrazole rings is 1. The van der Waals surface area contributed by atoms with Crippen molar-refractivity contribution in [2.75, 3.05) is 5.32 Å². The normalized spacial score (nSPS) is 11.8. The number of esters is 1. The van der Waals surface area contributed by atoms with E-state index in [-0.39, 0.29) is 6.54 Å². The summed E-state index contributed by atoms with van der Waals surface area (Å²) in [6.45, 7) is 3.29. The number of hydrogen-bond acceptors (Lipinski definition) is 6. The molecule has 1 heterocycles. The number of hydrogen-bond donors (Lipinski definition) is 1. The molecule has 0 bridgehead atoms. The molecule has 22 heavy (non-hydrogen) atoms. The number of amides is 1. The molecule has 0 radical (unpaired) electrons. The molecule has 1 N–H and O–H groups in total. The highest BCUT2D eigenvalue weighted by atomic mass is 79.9. The van der Waals surface area contributed by atoms with Gasteiger partial charge in [0.1, 0.15) is 12.9 Å². The molecule has 0 aliphatic rings. The van der Waals surface area contributed by atoms with Crippen LogP contribution in [0.15, 0.2) is 29.0 Å². The Bertz CT molecular complexity index is 674. The lowest BCUT2D eigenvalue weighted by atomic mass is 10.2. The van der Waals surface area contributed by atoms with E-state index in [1.54, 1.807) is 6.07 Å². The van der Waals surface area contributed by atoms with Crippen LogP contribution in [0.3, 0.4) is 0 Å². The van der Waals surface area contributed by atoms with Crippen LogP contribution in [-0.4, -0.2) is 38.2 Å². The number of aryl methyl sites for hydroxylation is 1. The number of nitrogens with zero attached hydrogens (tertiary/aromatic N) is 4. The van der Waals surface area contributed by atoms with Gasteiger partial charge in [-0.2, -0.15) is 0 Å². The van der Waals surface area contributed by atoms with Crippen LogP contribution in [0, 0.1) is 6.92 Å². The smallest absolute Gasteiger partial charge is 0.328 e. The Morgan fingerprint density at radius 3 is 2.86 bits per heavy atom. The Morgan fingerprint density at radius 2 is 2.23 bits per heavy atom. The maximum Gasteiger partial charge on any atom is 0.328 e. The van der Waals surface area contributed by atoms with Gasteiger partial charge in [-0.05, 0) is 57.9 Å². The lowest BCUT2D eigenvalue weighted by Crippen LogP contribution is -2.31. The Labute approximate surface area is 135 Å². The molecule has 1 atom stereocenters. The minimum Gasteiger partial charge on any atom is -0.451 e. The summed E-state index contributed by atoms with van der Waals surface area (Å²) in [6, 6.07) is 5.52. The first kappa shape index (κ1) is 16.1. The van der Waals surface area contributed by atoms with Crippen molar-refractivity contribution in [2.45, 2.75) is 26.5 Å². The van der Waals surface area contributed by atoms with Crippen LogP contribution in [0.2, 0.25) is 0 Å². The zero-order chi connectivity index (χ0) is 16.1. The van der Waals surface area contributed by atoms with E-state index in [0.29, 0.717) is 5.69 Å². The molecule has 1 aromatic carbocycles. The van der Waals surface area contributed by atoms with Crippen LogP contribution in [0.5, 0.6) is 0 Å². The number of carbonyl (C=O) groups is 2. The third kappa shape index (κ3) is 4.35. The van der Waals surface area contributed by atoms with Gasteiger partial charge in [0.05, 0.1) is 5.69 Å². The SMILES string of the molecule is Cc1ccc(NC(=O)[C@H](C)OC(=O)Cn2cnnn2)c(Br)c1. The van der Waals surface area contributed by atoms with Crippen LogP contribution < -0.4 is 5.32 Å². The largest absolute Gasteiger partial charge is 0.451 e. The van der Waals surface area contributed by atoms with Crippen LogP contribution >= 0.6 is 15.9 Å². The fourth-order valence-electron chi connectivity index (χ4n) is 1.63. The van der Waals surface area contributed by atoms with Gasteiger partial charge < -0.3 is 10.1 Å². The van der Waals surface area contributed by atoms with Gasteiger partial charge in [0, 0.05) is 4.47 Å². The molecule has 1 amide bonds. The highest BCUT2D eigenvalue weighted by molar-refractivity contribution is 9.10. The Kier molecular flexibility index (Phi) is 5.21. The topological polar surface area (TPSA) is 99.0 Å². The summed E-state index contributed by atoms with van der Waals surface area (Å²) in [4.78, 5) is 23.7. The fourth-order valence-corrected chi connectivity index (χ4v) is 2.22. The molecule has 2 rings (SSSR count). The van der Waals surface area contributed by atoms with E-state index >= 15 is 0 Å². The summed E-state index contributed by atoms with van der Waals surface area (Å²) in [6.07, 6.45) is 0.354. The molecular weight excluding hydrogens is 354 g/mol. The van der Waals surface area contributed by atoms with Crippen molar-refractivity contribution in [1.29, 1.82) is 0 Å². The predicted octanol–water partition coefficient (Wildman–Crippen LogP) is 1.31. The molecule has 2 aromatic rings. The summed E-state index contributed by atoms with van der Waals surface area (Å²) in [5.41, 5.74) is 1.67. The molecule has 8 nitrogen and oxygen atoms in total. The zero-order valence-electron chi connectivity index (χ0n) is 12.0. The van der Waals surface area contributed by atoms with Gasteiger partial charge in [0.2, 0.25) is 0 Å². The molecular formula is C13H14BrN5O3. The average Bonchev–Trinajstić information content (AvgIpc) is 2.94. The first-order valence-corrected chi connectivity index (χ1v) is 7.22. The summed E-state index contributed by atoms with van der Waals surface area (Å²) in [7, 11) is 0. The molecule has 116 valence electrons. The van der Waals surface area contributed by atoms with E-state index in [0.717, 1.165) is 10.0 Å². The quantitative estimate of drug-likeness (QED) is 0.799. The minimum atomic E-state index is -0.933. The molecule has 0 spiro atoms. The molecule has 0 fully saturated rings. The predicted molar refractivity (Wildman–Crippen MR) is 80.9 cm³/mol. The van der Waals surface area contributed by atoms with E-state index in [4.69, 9.17) is 4.74 Å². The van der Waals surface area contributed by atoms with Gasteiger partial charge in [-0.25, -0.2) is 4.68 Å². The fraction of sp³-hybridized carbons (Fsp3) is 0.308. The number of aromatic nitrogens is 4. The number of nitrogens with one attached hydrogen (secondary N) is 1. The van der Waals surface area contributed by atoms with Crippen LogP contribution in [0.25, 0.3) is 0 Å². The number of carbonyl (C=O) groups excluding carboxylic acids is 2. The van der Waals surface area contributed by atoms with Crippen LogP contribution in [-0.2, 0) is 20.9 Å². The summed E-state index contributed by atoms with van der Waals surface area (Å²) in [5, 5.41) is 13.0. The van der Waals surface area contributed by atoms with Crippen LogP contribution in [0.4, 0.5) is 5.69 Å². The summed E-state index contributed by atoms with van der Waals surface area (Å²) >= 11 is 3.37. The molecule has 0 aliphatic carbocycles. The first-order chi connectivity index (χ1) is 10.5. The molecule has 0 saturated heterocycles. The van der Waals surface area contributed by atoms with Crippen molar-refractivity contribution in [2.24, 2.45) is 0 Å². The second-order valence-corrected chi connectivity index (χ2v) is 5.47. The first-order valence-electron chi connectivity index (χ1n) is 6.43. The maximum atomic E-state index is 12.0. The summed E-state index contributed by atoms with van der Waals surface area (Å²) in [5.74, 6) is -1.02. The lowest BCUT2D eigenvalue weighted by Gasteiger charge is -2.14. The van der Waals surface area contributed by atoms with Gasteiger partial charge in [-0.15, -0.1) is 5.10 Å². The third-order valence-electron chi connectivity index (χ3n) is 2.74. The third-order valence-corrected chi connectivity index (χ3v) is 3.40. The van der Waals surface area contributed by atoms with Crippen molar-refractivity contribution in [3.8, 4) is 0 Å². The molecule has 9 heteroatoms. The van der Waals surface area contributed by atoms with Gasteiger partial charge in [0.15, 0.2) is 6.10 Å². The van der Waals surface area contributed by atoms with Crippen molar-refractivity contribution >= 4 is 33.5 Å². The maximum absolute atomic E-state index is 12.0.